The molecule has 0 aliphatic rings. The molecule has 13 heteroatoms. The summed E-state index contributed by atoms with van der Waals surface area (Å²) >= 11 is 1.07. The zero-order chi connectivity index (χ0) is 28.0. The number of sulfone groups is 1. The van der Waals surface area contributed by atoms with Crippen LogP contribution in [-0.4, -0.2) is 49.8 Å². The van der Waals surface area contributed by atoms with Gasteiger partial charge in [0.05, 0.1) is 17.7 Å². The Bertz CT molecular complexity index is 1600. The van der Waals surface area contributed by atoms with Gasteiger partial charge in [0.25, 0.3) is 5.91 Å². The van der Waals surface area contributed by atoms with Crippen LogP contribution >= 0.6 is 11.3 Å². The quantitative estimate of drug-likeness (QED) is 0.243. The summed E-state index contributed by atoms with van der Waals surface area (Å²) in [5.74, 6) is 0.149. The first-order valence-electron chi connectivity index (χ1n) is 11.3. The smallest absolute Gasteiger partial charge is 0.257 e. The molecule has 3 aromatic carbocycles. The molecule has 39 heavy (non-hydrogen) atoms. The van der Waals surface area contributed by atoms with Gasteiger partial charge in [-0.3, -0.25) is 14.9 Å². The Morgan fingerprint density at radius 1 is 0.949 bits per heavy atom. The van der Waals surface area contributed by atoms with E-state index in [0.29, 0.717) is 22.1 Å². The van der Waals surface area contributed by atoms with Gasteiger partial charge in [0.1, 0.15) is 29.6 Å². The van der Waals surface area contributed by atoms with Crippen LogP contribution in [0.15, 0.2) is 77.8 Å². The van der Waals surface area contributed by atoms with E-state index in [9.17, 15) is 18.0 Å². The van der Waals surface area contributed by atoms with E-state index in [1.54, 1.807) is 18.2 Å². The van der Waals surface area contributed by atoms with Crippen molar-refractivity contribution in [3.63, 3.8) is 0 Å². The summed E-state index contributed by atoms with van der Waals surface area (Å²) in [4.78, 5) is 28.7. The van der Waals surface area contributed by atoms with Crippen molar-refractivity contribution in [2.75, 3.05) is 24.8 Å². The van der Waals surface area contributed by atoms with Gasteiger partial charge >= 0.3 is 0 Å². The number of benzene rings is 3. The second kappa shape index (κ2) is 11.9. The second-order valence-corrected chi connectivity index (χ2v) is 11.1. The molecule has 0 fully saturated rings. The van der Waals surface area contributed by atoms with Crippen LogP contribution < -0.4 is 25.3 Å². The monoisotopic (exact) mass is 569 g/mol. The highest BCUT2D eigenvalue weighted by molar-refractivity contribution is 7.90. The van der Waals surface area contributed by atoms with Gasteiger partial charge in [-0.2, -0.15) is 0 Å². The predicted octanol–water partition coefficient (Wildman–Crippen LogP) is 3.85. The van der Waals surface area contributed by atoms with Crippen molar-refractivity contribution in [2.24, 2.45) is 5.73 Å². The van der Waals surface area contributed by atoms with Crippen LogP contribution in [0.4, 0.5) is 5.13 Å². The number of nitrogens with zero attached hydrogens (tertiary/aromatic N) is 1. The van der Waals surface area contributed by atoms with Crippen LogP contribution in [0.1, 0.15) is 20.7 Å². The molecule has 0 atom stereocenters. The van der Waals surface area contributed by atoms with Gasteiger partial charge in [0.15, 0.2) is 15.0 Å². The number of rotatable bonds is 11. The van der Waals surface area contributed by atoms with Gasteiger partial charge in [-0.15, -0.1) is 0 Å². The van der Waals surface area contributed by atoms with E-state index in [-0.39, 0.29) is 40.3 Å². The number of aliphatic hydroxyl groups is 1. The third-order valence-corrected chi connectivity index (χ3v) is 6.95. The molecule has 0 aliphatic heterocycles. The van der Waals surface area contributed by atoms with Crippen molar-refractivity contribution in [3.05, 3.63) is 84.1 Å². The van der Waals surface area contributed by atoms with E-state index in [1.165, 1.54) is 54.7 Å². The van der Waals surface area contributed by atoms with Gasteiger partial charge in [0.2, 0.25) is 11.0 Å². The third-order valence-electron chi connectivity index (χ3n) is 5.03. The molecular weight excluding hydrogens is 546 g/mol. The highest BCUT2D eigenvalue weighted by atomic mass is 32.2. The SMILES string of the molecule is CS(=O)(=O)c1ccc(Oc2cc(OCCO)cc(C(=O)Nc3ncc(Oc4cccc(C(N)=O)c4)s3)c2)cc1. The van der Waals surface area contributed by atoms with Crippen molar-refractivity contribution in [1.29, 1.82) is 0 Å². The number of carbonyl (C=O) groups excluding carboxylic acids is 2. The number of hydrogen-bond acceptors (Lipinski definition) is 10. The summed E-state index contributed by atoms with van der Waals surface area (Å²) in [6.45, 7) is -0.235. The van der Waals surface area contributed by atoms with E-state index >= 15 is 0 Å². The Kier molecular flexibility index (Phi) is 8.44. The molecule has 11 nitrogen and oxygen atoms in total. The van der Waals surface area contributed by atoms with Crippen LogP contribution in [0.25, 0.3) is 0 Å². The first-order valence-corrected chi connectivity index (χ1v) is 14.0. The molecule has 1 aromatic heterocycles. The number of thiazole rings is 1. The van der Waals surface area contributed by atoms with Crippen LogP contribution in [-0.2, 0) is 9.84 Å². The van der Waals surface area contributed by atoms with E-state index < -0.39 is 21.7 Å². The lowest BCUT2D eigenvalue weighted by atomic mass is 10.2. The van der Waals surface area contributed by atoms with Crippen molar-refractivity contribution >= 4 is 38.1 Å². The summed E-state index contributed by atoms with van der Waals surface area (Å²) in [6, 6.07) is 16.6. The highest BCUT2D eigenvalue weighted by Crippen LogP contribution is 2.32. The van der Waals surface area contributed by atoms with Crippen LogP contribution in [0.3, 0.4) is 0 Å². The fourth-order valence-corrected chi connectivity index (χ4v) is 4.58. The zero-order valence-corrected chi connectivity index (χ0v) is 22.1. The topological polar surface area (TPSA) is 167 Å². The van der Waals surface area contributed by atoms with Gasteiger partial charge in [-0.05, 0) is 54.6 Å². The number of hydrogen-bond donors (Lipinski definition) is 3. The molecule has 202 valence electrons. The summed E-state index contributed by atoms with van der Waals surface area (Å²) in [7, 11) is -3.36. The van der Waals surface area contributed by atoms with Crippen molar-refractivity contribution in [1.82, 2.24) is 4.98 Å². The minimum Gasteiger partial charge on any atom is -0.491 e. The zero-order valence-electron chi connectivity index (χ0n) is 20.5. The Morgan fingerprint density at radius 2 is 1.67 bits per heavy atom. The maximum Gasteiger partial charge on any atom is 0.257 e. The lowest BCUT2D eigenvalue weighted by Crippen LogP contribution is -2.12. The fraction of sp³-hybridized carbons (Fsp3) is 0.115. The van der Waals surface area contributed by atoms with Crippen LogP contribution in [0.5, 0.6) is 28.1 Å². The molecule has 0 saturated heterocycles. The van der Waals surface area contributed by atoms with E-state index in [1.807, 2.05) is 0 Å². The fourth-order valence-electron chi connectivity index (χ4n) is 3.26. The Hall–Kier alpha value is -4.46. The molecule has 0 radical (unpaired) electrons. The molecule has 4 rings (SSSR count). The Morgan fingerprint density at radius 3 is 2.36 bits per heavy atom. The number of aliphatic hydroxyl groups excluding tert-OH is 1. The maximum absolute atomic E-state index is 13.0. The maximum atomic E-state index is 13.0. The Balaban J connectivity index is 1.50. The molecular formula is C26H23N3O8S2. The average molecular weight is 570 g/mol. The summed E-state index contributed by atoms with van der Waals surface area (Å²) in [6.07, 6.45) is 2.53. The van der Waals surface area contributed by atoms with E-state index in [2.05, 4.69) is 10.3 Å². The largest absolute Gasteiger partial charge is 0.491 e. The summed E-state index contributed by atoms with van der Waals surface area (Å²) in [5.41, 5.74) is 5.77. The molecule has 2 amide bonds. The van der Waals surface area contributed by atoms with Crippen LogP contribution in [0.2, 0.25) is 0 Å². The number of amides is 2. The number of ether oxygens (including phenoxy) is 3. The number of primary amides is 1. The number of carbonyl (C=O) groups is 2. The first-order chi connectivity index (χ1) is 18.6. The van der Waals surface area contributed by atoms with E-state index in [0.717, 1.165) is 17.6 Å². The summed E-state index contributed by atoms with van der Waals surface area (Å²) in [5, 5.41) is 12.4. The molecule has 0 spiro atoms. The Labute approximate surface area is 227 Å². The molecule has 0 unspecified atom stereocenters. The number of aromatic nitrogens is 1. The molecule has 4 aromatic rings. The van der Waals surface area contributed by atoms with E-state index in [4.69, 9.17) is 25.1 Å². The average Bonchev–Trinajstić information content (AvgIpc) is 3.33. The molecule has 1 heterocycles. The number of nitrogens with two attached hydrogens (primary N) is 1. The highest BCUT2D eigenvalue weighted by Gasteiger charge is 2.15. The summed E-state index contributed by atoms with van der Waals surface area (Å²) < 4.78 is 40.4. The minimum absolute atomic E-state index is 0.00228. The molecule has 4 N–H and O–H groups in total. The van der Waals surface area contributed by atoms with Gasteiger partial charge < -0.3 is 25.1 Å². The minimum atomic E-state index is -3.36. The lowest BCUT2D eigenvalue weighted by Gasteiger charge is -2.12. The van der Waals surface area contributed by atoms with Gasteiger partial charge in [-0.1, -0.05) is 17.4 Å². The second-order valence-electron chi connectivity index (χ2n) is 8.04. The molecule has 0 aliphatic carbocycles. The standard InChI is InChI=1S/C26H23N3O8S2/c1-39(33,34)22-7-5-18(6-8-22)36-21-13-17(12-20(14-21)35-10-9-30)25(32)29-26-28-15-23(38-26)37-19-4-2-3-16(11-19)24(27)31/h2-8,11-15,30H,9-10H2,1H3,(H2,27,31)(H,28,29,32). The molecule has 0 bridgehead atoms. The van der Waals surface area contributed by atoms with Crippen molar-refractivity contribution in [3.8, 4) is 28.1 Å². The predicted molar refractivity (Wildman–Crippen MR) is 144 cm³/mol. The first kappa shape index (κ1) is 27.6. The number of nitrogens with one attached hydrogen (secondary N) is 1. The van der Waals surface area contributed by atoms with Crippen LogP contribution in [0, 0.1) is 0 Å². The van der Waals surface area contributed by atoms with Gasteiger partial charge in [-0.25, -0.2) is 13.4 Å². The third kappa shape index (κ3) is 7.54. The van der Waals surface area contributed by atoms with Crippen molar-refractivity contribution in [2.45, 2.75) is 4.90 Å². The molecule has 0 saturated carbocycles. The number of anilines is 1. The van der Waals surface area contributed by atoms with Gasteiger partial charge in [0, 0.05) is 23.4 Å². The van der Waals surface area contributed by atoms with Crippen molar-refractivity contribution < 1.29 is 37.3 Å². The lowest BCUT2D eigenvalue weighted by molar-refractivity contribution is 0.0997. The normalized spacial score (nSPS) is 11.0.